The van der Waals surface area contributed by atoms with Gasteiger partial charge in [0.05, 0.1) is 17.9 Å². The third kappa shape index (κ3) is 6.68. The molecule has 6 nitrogen and oxygen atoms in total. The maximum Gasteiger partial charge on any atom is 0.338 e. The Morgan fingerprint density at radius 3 is 2.00 bits per heavy atom. The summed E-state index contributed by atoms with van der Waals surface area (Å²) in [6, 6.07) is 18.8. The first-order valence-electron chi connectivity index (χ1n) is 9.81. The molecule has 2 amide bonds. The van der Waals surface area contributed by atoms with Crippen molar-refractivity contribution in [2.24, 2.45) is 0 Å². The summed E-state index contributed by atoms with van der Waals surface area (Å²) in [5.74, 6) is -1.13. The van der Waals surface area contributed by atoms with Crippen LogP contribution >= 0.6 is 11.8 Å². The summed E-state index contributed by atoms with van der Waals surface area (Å²) in [4.78, 5) is 36.9. The third-order valence-electron chi connectivity index (χ3n) is 4.27. The number of carbonyl (C=O) groups is 3. The molecule has 0 saturated heterocycles. The van der Waals surface area contributed by atoms with Crippen molar-refractivity contribution < 1.29 is 23.5 Å². The molecule has 3 aromatic rings. The molecular weight excluding hydrogens is 431 g/mol. The fraction of sp³-hybridized carbons (Fsp3) is 0.125. The van der Waals surface area contributed by atoms with E-state index in [4.69, 9.17) is 4.74 Å². The van der Waals surface area contributed by atoms with Crippen LogP contribution in [0.3, 0.4) is 0 Å². The van der Waals surface area contributed by atoms with Gasteiger partial charge in [-0.25, -0.2) is 9.18 Å². The van der Waals surface area contributed by atoms with E-state index >= 15 is 0 Å². The number of ether oxygens (including phenoxy) is 1. The largest absolute Gasteiger partial charge is 0.462 e. The van der Waals surface area contributed by atoms with Gasteiger partial charge >= 0.3 is 5.97 Å². The second-order valence-electron chi connectivity index (χ2n) is 6.62. The summed E-state index contributed by atoms with van der Waals surface area (Å²) < 4.78 is 17.9. The van der Waals surface area contributed by atoms with Gasteiger partial charge in [0, 0.05) is 21.8 Å². The highest BCUT2D eigenvalue weighted by molar-refractivity contribution is 8.00. The number of rotatable bonds is 8. The average Bonchev–Trinajstić information content (AvgIpc) is 2.79. The summed E-state index contributed by atoms with van der Waals surface area (Å²) in [6.07, 6.45) is 0. The number of hydrogen-bond acceptors (Lipinski definition) is 5. The van der Waals surface area contributed by atoms with Crippen molar-refractivity contribution >= 4 is 40.9 Å². The molecule has 0 aromatic heterocycles. The number of benzene rings is 3. The highest BCUT2D eigenvalue weighted by atomic mass is 32.2. The van der Waals surface area contributed by atoms with Gasteiger partial charge in [0.25, 0.3) is 5.91 Å². The predicted octanol–water partition coefficient (Wildman–Crippen LogP) is 4.99. The Morgan fingerprint density at radius 2 is 1.38 bits per heavy atom. The summed E-state index contributed by atoms with van der Waals surface area (Å²) >= 11 is 1.35. The number of halogens is 1. The molecule has 3 rings (SSSR count). The number of amides is 2. The lowest BCUT2D eigenvalue weighted by molar-refractivity contribution is -0.113. The zero-order valence-corrected chi connectivity index (χ0v) is 18.1. The first-order valence-corrected chi connectivity index (χ1v) is 10.8. The Kier molecular flexibility index (Phi) is 7.99. The Bertz CT molecular complexity index is 1080. The number of carbonyl (C=O) groups excluding carboxylic acids is 3. The van der Waals surface area contributed by atoms with E-state index in [1.54, 1.807) is 55.5 Å². The maximum atomic E-state index is 13.0. The van der Waals surface area contributed by atoms with Crippen LogP contribution < -0.4 is 10.6 Å². The molecule has 3 aromatic carbocycles. The molecule has 0 bridgehead atoms. The van der Waals surface area contributed by atoms with E-state index in [0.29, 0.717) is 29.1 Å². The number of anilines is 2. The molecule has 0 aliphatic heterocycles. The molecule has 0 saturated carbocycles. The maximum absolute atomic E-state index is 13.0. The van der Waals surface area contributed by atoms with Crippen molar-refractivity contribution in [1.82, 2.24) is 0 Å². The topological polar surface area (TPSA) is 84.5 Å². The van der Waals surface area contributed by atoms with E-state index in [2.05, 4.69) is 10.6 Å². The first kappa shape index (κ1) is 23.0. The second kappa shape index (κ2) is 11.1. The van der Waals surface area contributed by atoms with Gasteiger partial charge in [-0.05, 0) is 79.7 Å². The molecule has 0 fully saturated rings. The van der Waals surface area contributed by atoms with Crippen molar-refractivity contribution in [3.05, 3.63) is 89.7 Å². The van der Waals surface area contributed by atoms with Crippen LogP contribution in [-0.4, -0.2) is 30.1 Å². The second-order valence-corrected chi connectivity index (χ2v) is 7.67. The fourth-order valence-corrected chi connectivity index (χ4v) is 3.39. The first-order chi connectivity index (χ1) is 15.4. The highest BCUT2D eigenvalue weighted by Crippen LogP contribution is 2.21. The van der Waals surface area contributed by atoms with Crippen LogP contribution in [0.15, 0.2) is 77.7 Å². The molecule has 0 atom stereocenters. The third-order valence-corrected chi connectivity index (χ3v) is 5.28. The molecule has 0 spiro atoms. The zero-order chi connectivity index (χ0) is 22.9. The lowest BCUT2D eigenvalue weighted by Gasteiger charge is -2.08. The SMILES string of the molecule is CCOC(=O)c1ccc(NC(=O)CSc2ccc(NC(=O)c3ccc(F)cc3)cc2)cc1. The van der Waals surface area contributed by atoms with E-state index in [9.17, 15) is 18.8 Å². The van der Waals surface area contributed by atoms with Crippen molar-refractivity contribution in [3.63, 3.8) is 0 Å². The minimum absolute atomic E-state index is 0.187. The summed E-state index contributed by atoms with van der Waals surface area (Å²) in [5.41, 5.74) is 1.96. The molecule has 0 heterocycles. The van der Waals surface area contributed by atoms with Crippen molar-refractivity contribution in [3.8, 4) is 0 Å². The average molecular weight is 453 g/mol. The van der Waals surface area contributed by atoms with E-state index in [0.717, 1.165) is 4.90 Å². The monoisotopic (exact) mass is 452 g/mol. The van der Waals surface area contributed by atoms with Crippen LogP contribution in [0.5, 0.6) is 0 Å². The number of esters is 1. The van der Waals surface area contributed by atoms with E-state index in [-0.39, 0.29) is 17.6 Å². The molecule has 0 unspecified atom stereocenters. The zero-order valence-electron chi connectivity index (χ0n) is 17.3. The van der Waals surface area contributed by atoms with Crippen LogP contribution in [0.25, 0.3) is 0 Å². The molecule has 8 heteroatoms. The number of hydrogen-bond donors (Lipinski definition) is 2. The van der Waals surface area contributed by atoms with Crippen molar-refractivity contribution in [2.75, 3.05) is 23.0 Å². The lowest BCUT2D eigenvalue weighted by Crippen LogP contribution is -2.14. The normalized spacial score (nSPS) is 10.3. The van der Waals surface area contributed by atoms with Gasteiger partial charge in [-0.15, -0.1) is 11.8 Å². The lowest BCUT2D eigenvalue weighted by atomic mass is 10.2. The predicted molar refractivity (Wildman–Crippen MR) is 123 cm³/mol. The van der Waals surface area contributed by atoms with Crippen LogP contribution in [0.2, 0.25) is 0 Å². The van der Waals surface area contributed by atoms with Gasteiger partial charge in [0.15, 0.2) is 0 Å². The van der Waals surface area contributed by atoms with Crippen LogP contribution in [-0.2, 0) is 9.53 Å². The van der Waals surface area contributed by atoms with Gasteiger partial charge in [-0.3, -0.25) is 9.59 Å². The van der Waals surface area contributed by atoms with Crippen molar-refractivity contribution in [2.45, 2.75) is 11.8 Å². The van der Waals surface area contributed by atoms with Crippen LogP contribution in [0, 0.1) is 5.82 Å². The summed E-state index contributed by atoms with van der Waals surface area (Å²) in [7, 11) is 0. The summed E-state index contributed by atoms with van der Waals surface area (Å²) in [6.45, 7) is 2.04. The Balaban J connectivity index is 1.47. The minimum Gasteiger partial charge on any atom is -0.462 e. The van der Waals surface area contributed by atoms with E-state index in [1.807, 2.05) is 0 Å². The van der Waals surface area contributed by atoms with E-state index in [1.165, 1.54) is 36.0 Å². The van der Waals surface area contributed by atoms with Gasteiger partial charge < -0.3 is 15.4 Å². The summed E-state index contributed by atoms with van der Waals surface area (Å²) in [5, 5.41) is 5.51. The van der Waals surface area contributed by atoms with Crippen molar-refractivity contribution in [1.29, 1.82) is 0 Å². The quantitative estimate of drug-likeness (QED) is 0.372. The fourth-order valence-electron chi connectivity index (χ4n) is 2.69. The molecule has 2 N–H and O–H groups in total. The van der Waals surface area contributed by atoms with Gasteiger partial charge in [0.2, 0.25) is 5.91 Å². The van der Waals surface area contributed by atoms with Crippen LogP contribution in [0.4, 0.5) is 15.8 Å². The molecule has 164 valence electrons. The molecule has 0 radical (unpaired) electrons. The van der Waals surface area contributed by atoms with Gasteiger partial charge in [-0.2, -0.15) is 0 Å². The Labute approximate surface area is 189 Å². The molecule has 0 aliphatic rings. The number of nitrogens with one attached hydrogen (secondary N) is 2. The Hall–Kier alpha value is -3.65. The minimum atomic E-state index is -0.404. The standard InChI is InChI=1S/C24H21FN2O4S/c1-2-31-24(30)17-5-9-19(10-6-17)26-22(28)15-32-21-13-11-20(12-14-21)27-23(29)16-3-7-18(25)8-4-16/h3-14H,2,15H2,1H3,(H,26,28)(H,27,29). The smallest absolute Gasteiger partial charge is 0.338 e. The molecule has 32 heavy (non-hydrogen) atoms. The van der Waals surface area contributed by atoms with Gasteiger partial charge in [-0.1, -0.05) is 0 Å². The molecular formula is C24H21FN2O4S. The Morgan fingerprint density at radius 1 is 0.812 bits per heavy atom. The highest BCUT2D eigenvalue weighted by Gasteiger charge is 2.09. The molecule has 0 aliphatic carbocycles. The van der Waals surface area contributed by atoms with Gasteiger partial charge in [0.1, 0.15) is 5.82 Å². The van der Waals surface area contributed by atoms with E-state index < -0.39 is 11.8 Å². The number of thioether (sulfide) groups is 1. The van der Waals surface area contributed by atoms with Crippen LogP contribution in [0.1, 0.15) is 27.6 Å².